The molecule has 2 aromatic rings. The molecule has 5 heteroatoms. The highest BCUT2D eigenvalue weighted by atomic mass is 16.5. The van der Waals surface area contributed by atoms with Crippen LogP contribution >= 0.6 is 0 Å². The third-order valence-electron chi connectivity index (χ3n) is 6.22. The number of aromatic amines is 1. The zero-order valence-corrected chi connectivity index (χ0v) is 16.5. The first-order valence-corrected chi connectivity index (χ1v) is 9.98. The largest absolute Gasteiger partial charge is 0.393 e. The molecule has 2 aliphatic rings. The lowest BCUT2D eigenvalue weighted by atomic mass is 9.76. The molecule has 1 aromatic carbocycles. The van der Waals surface area contributed by atoms with Gasteiger partial charge in [-0.25, -0.2) is 0 Å². The lowest BCUT2D eigenvalue weighted by molar-refractivity contribution is -0.205. The van der Waals surface area contributed by atoms with Gasteiger partial charge in [0, 0.05) is 43.2 Å². The Labute approximate surface area is 160 Å². The number of amides is 1. The summed E-state index contributed by atoms with van der Waals surface area (Å²) in [7, 11) is 0. The van der Waals surface area contributed by atoms with E-state index in [0.717, 1.165) is 29.3 Å². The molecular weight excluding hydrogens is 340 g/mol. The first kappa shape index (κ1) is 18.5. The second-order valence-corrected chi connectivity index (χ2v) is 9.32. The summed E-state index contributed by atoms with van der Waals surface area (Å²) >= 11 is 0. The summed E-state index contributed by atoms with van der Waals surface area (Å²) in [5.74, 6) is 0.0741. The van der Waals surface area contributed by atoms with Crippen molar-refractivity contribution in [1.29, 1.82) is 0 Å². The second kappa shape index (κ2) is 6.64. The predicted octanol–water partition coefficient (Wildman–Crippen LogP) is 3.73. The number of ether oxygens (including phenoxy) is 1. The first-order valence-electron chi connectivity index (χ1n) is 9.98. The van der Waals surface area contributed by atoms with E-state index < -0.39 is 0 Å². The molecule has 4 rings (SSSR count). The van der Waals surface area contributed by atoms with E-state index in [1.165, 1.54) is 0 Å². The first-order chi connectivity index (χ1) is 12.8. The van der Waals surface area contributed by atoms with Crippen LogP contribution in [0.15, 0.2) is 30.5 Å². The highest BCUT2D eigenvalue weighted by molar-refractivity contribution is 5.98. The van der Waals surface area contributed by atoms with Crippen LogP contribution in [0, 0.1) is 5.41 Å². The van der Waals surface area contributed by atoms with Gasteiger partial charge in [-0.1, -0.05) is 26.8 Å². The maximum atomic E-state index is 12.9. The SMILES string of the molecule is CC(C)(C)[C@H]1C[C@@H](O)CC2(CCN(C(=O)c3ccc4cc[nH]c4c3)CC2)O1. The van der Waals surface area contributed by atoms with Crippen molar-refractivity contribution < 1.29 is 14.6 Å². The fourth-order valence-corrected chi connectivity index (χ4v) is 4.49. The molecule has 1 spiro atoms. The highest BCUT2D eigenvalue weighted by Crippen LogP contribution is 2.42. The Morgan fingerprint density at radius 2 is 2.00 bits per heavy atom. The number of fused-ring (bicyclic) bond motifs is 1. The summed E-state index contributed by atoms with van der Waals surface area (Å²) in [4.78, 5) is 18.0. The topological polar surface area (TPSA) is 65.6 Å². The van der Waals surface area contributed by atoms with Crippen molar-refractivity contribution in [3.8, 4) is 0 Å². The van der Waals surface area contributed by atoms with Crippen LogP contribution in [0.5, 0.6) is 0 Å². The quantitative estimate of drug-likeness (QED) is 0.804. The molecule has 3 heterocycles. The van der Waals surface area contributed by atoms with Gasteiger partial charge in [-0.05, 0) is 41.8 Å². The van der Waals surface area contributed by atoms with Crippen molar-refractivity contribution in [2.45, 2.75) is 64.3 Å². The van der Waals surface area contributed by atoms with Gasteiger partial charge in [0.2, 0.25) is 0 Å². The number of rotatable bonds is 1. The third kappa shape index (κ3) is 3.63. The number of carbonyl (C=O) groups excluding carboxylic acids is 1. The van der Waals surface area contributed by atoms with Crippen molar-refractivity contribution in [2.75, 3.05) is 13.1 Å². The summed E-state index contributed by atoms with van der Waals surface area (Å²) < 4.78 is 6.53. The number of hydrogen-bond acceptors (Lipinski definition) is 3. The number of nitrogens with zero attached hydrogens (tertiary/aromatic N) is 1. The molecule has 0 unspecified atom stereocenters. The highest BCUT2D eigenvalue weighted by Gasteiger charge is 2.46. The van der Waals surface area contributed by atoms with Crippen LogP contribution in [0.25, 0.3) is 10.9 Å². The number of aromatic nitrogens is 1. The van der Waals surface area contributed by atoms with E-state index >= 15 is 0 Å². The summed E-state index contributed by atoms with van der Waals surface area (Å²) in [6.07, 6.45) is 4.57. The molecule has 0 radical (unpaired) electrons. The van der Waals surface area contributed by atoms with Crippen LogP contribution in [-0.4, -0.2) is 51.8 Å². The van der Waals surface area contributed by atoms with Gasteiger partial charge in [-0.2, -0.15) is 0 Å². The summed E-state index contributed by atoms with van der Waals surface area (Å²) in [5, 5.41) is 11.5. The molecular formula is C22H30N2O3. The fourth-order valence-electron chi connectivity index (χ4n) is 4.49. The van der Waals surface area contributed by atoms with E-state index in [9.17, 15) is 9.90 Å². The normalized spacial score (nSPS) is 25.9. The third-order valence-corrected chi connectivity index (χ3v) is 6.22. The molecule has 27 heavy (non-hydrogen) atoms. The average molecular weight is 370 g/mol. The van der Waals surface area contributed by atoms with E-state index in [1.807, 2.05) is 35.4 Å². The minimum Gasteiger partial charge on any atom is -0.393 e. The smallest absolute Gasteiger partial charge is 0.253 e. The van der Waals surface area contributed by atoms with Crippen molar-refractivity contribution in [2.24, 2.45) is 5.41 Å². The minimum atomic E-state index is -0.319. The van der Waals surface area contributed by atoms with Gasteiger partial charge in [-0.15, -0.1) is 0 Å². The molecule has 2 fully saturated rings. The maximum Gasteiger partial charge on any atom is 0.253 e. The van der Waals surface area contributed by atoms with E-state index in [2.05, 4.69) is 25.8 Å². The van der Waals surface area contributed by atoms with E-state index in [0.29, 0.717) is 25.9 Å². The Kier molecular flexibility index (Phi) is 4.55. The molecule has 146 valence electrons. The number of nitrogens with one attached hydrogen (secondary N) is 1. The monoisotopic (exact) mass is 370 g/mol. The zero-order valence-electron chi connectivity index (χ0n) is 16.5. The molecule has 0 aliphatic carbocycles. The van der Waals surface area contributed by atoms with Crippen LogP contribution in [0.2, 0.25) is 0 Å². The van der Waals surface area contributed by atoms with E-state index in [-0.39, 0.29) is 29.1 Å². The minimum absolute atomic E-state index is 0.00675. The predicted molar refractivity (Wildman–Crippen MR) is 106 cm³/mol. The van der Waals surface area contributed by atoms with Gasteiger partial charge in [0.05, 0.1) is 17.8 Å². The molecule has 5 nitrogen and oxygen atoms in total. The van der Waals surface area contributed by atoms with Crippen LogP contribution in [0.4, 0.5) is 0 Å². The number of piperidine rings is 1. The van der Waals surface area contributed by atoms with Crippen LogP contribution < -0.4 is 0 Å². The summed E-state index contributed by atoms with van der Waals surface area (Å²) in [6.45, 7) is 7.84. The van der Waals surface area contributed by atoms with E-state index in [1.54, 1.807) is 0 Å². The Morgan fingerprint density at radius 1 is 1.26 bits per heavy atom. The van der Waals surface area contributed by atoms with Crippen LogP contribution in [0.1, 0.15) is 56.8 Å². The molecule has 2 N–H and O–H groups in total. The molecule has 1 amide bonds. The number of benzene rings is 1. The second-order valence-electron chi connectivity index (χ2n) is 9.32. The molecule has 0 saturated carbocycles. The van der Waals surface area contributed by atoms with Crippen molar-refractivity contribution in [3.63, 3.8) is 0 Å². The molecule has 1 aromatic heterocycles. The summed E-state index contributed by atoms with van der Waals surface area (Å²) in [6, 6.07) is 7.82. The van der Waals surface area contributed by atoms with Crippen molar-refractivity contribution in [1.82, 2.24) is 9.88 Å². The van der Waals surface area contributed by atoms with Gasteiger partial charge in [0.25, 0.3) is 5.91 Å². The average Bonchev–Trinajstić information content (AvgIpc) is 3.08. The van der Waals surface area contributed by atoms with Crippen LogP contribution in [0.3, 0.4) is 0 Å². The fraction of sp³-hybridized carbons (Fsp3) is 0.591. The maximum absolute atomic E-state index is 12.9. The molecule has 0 bridgehead atoms. The Hall–Kier alpha value is -1.85. The molecule has 2 saturated heterocycles. The molecule has 2 atom stereocenters. The van der Waals surface area contributed by atoms with Crippen LogP contribution in [-0.2, 0) is 4.74 Å². The number of aliphatic hydroxyl groups excluding tert-OH is 1. The van der Waals surface area contributed by atoms with Gasteiger partial charge in [0.15, 0.2) is 0 Å². The zero-order chi connectivity index (χ0) is 19.2. The van der Waals surface area contributed by atoms with Gasteiger partial charge < -0.3 is 19.7 Å². The lowest BCUT2D eigenvalue weighted by Gasteiger charge is -2.50. The van der Waals surface area contributed by atoms with E-state index in [4.69, 9.17) is 4.74 Å². The number of H-pyrrole nitrogens is 1. The Bertz CT molecular complexity index is 827. The van der Waals surface area contributed by atoms with Gasteiger partial charge >= 0.3 is 0 Å². The van der Waals surface area contributed by atoms with Crippen molar-refractivity contribution in [3.05, 3.63) is 36.0 Å². The summed E-state index contributed by atoms with van der Waals surface area (Å²) in [5.41, 5.74) is 1.42. The Balaban J connectivity index is 1.45. The van der Waals surface area contributed by atoms with Gasteiger partial charge in [-0.3, -0.25) is 4.79 Å². The number of aliphatic hydroxyl groups is 1. The Morgan fingerprint density at radius 3 is 2.70 bits per heavy atom. The number of likely N-dealkylation sites (tertiary alicyclic amines) is 1. The van der Waals surface area contributed by atoms with Crippen molar-refractivity contribution >= 4 is 16.8 Å². The number of hydrogen-bond donors (Lipinski definition) is 2. The lowest BCUT2D eigenvalue weighted by Crippen LogP contribution is -2.55. The number of carbonyl (C=O) groups is 1. The van der Waals surface area contributed by atoms with Gasteiger partial charge in [0.1, 0.15) is 0 Å². The molecule has 2 aliphatic heterocycles. The standard InChI is InChI=1S/C22H30N2O3/c1-21(2,3)19-13-17(25)14-22(27-19)7-10-24(11-8-22)20(26)16-5-4-15-6-9-23-18(15)12-16/h4-6,9,12,17,19,23,25H,7-8,10-11,13-14H2,1-3H3/t17-,19-/m1/s1.